The van der Waals surface area contributed by atoms with E-state index in [0.717, 1.165) is 12.0 Å². The molecule has 0 aliphatic rings. The molecular weight excluding hydrogens is 164 g/mol. The molecule has 13 heavy (non-hydrogen) atoms. The molecule has 0 saturated carbocycles. The number of benzene rings is 1. The lowest BCUT2D eigenvalue weighted by Gasteiger charge is -2.16. The summed E-state index contributed by atoms with van der Waals surface area (Å²) in [6.45, 7) is 3.92. The Balaban J connectivity index is 2.62. The predicted octanol–water partition coefficient (Wildman–Crippen LogP) is 2.29. The number of carbonyl (C=O) groups is 1. The highest BCUT2D eigenvalue weighted by Crippen LogP contribution is 2.13. The fourth-order valence-electron chi connectivity index (χ4n) is 0.977. The molecule has 0 saturated heterocycles. The Labute approximate surface area is 78.5 Å². The molecule has 0 bridgehead atoms. The summed E-state index contributed by atoms with van der Waals surface area (Å²) in [5.74, 6) is 0.950. The van der Waals surface area contributed by atoms with E-state index < -0.39 is 0 Å². The molecule has 70 valence electrons. The second-order valence-corrected chi connectivity index (χ2v) is 3.28. The number of para-hydroxylation sites is 1. The largest absolute Gasteiger partial charge is 0.483 e. The summed E-state index contributed by atoms with van der Waals surface area (Å²) in [5.41, 5.74) is 0. The van der Waals surface area contributed by atoms with Crippen LogP contribution in [-0.4, -0.2) is 12.4 Å². The van der Waals surface area contributed by atoms with Crippen LogP contribution < -0.4 is 4.74 Å². The van der Waals surface area contributed by atoms with Gasteiger partial charge in [-0.25, -0.2) is 0 Å². The van der Waals surface area contributed by atoms with Crippen LogP contribution in [0.2, 0.25) is 0 Å². The van der Waals surface area contributed by atoms with Crippen LogP contribution in [0.5, 0.6) is 5.75 Å². The Hall–Kier alpha value is -1.31. The molecule has 1 atom stereocenters. The van der Waals surface area contributed by atoms with Crippen molar-refractivity contribution in [2.45, 2.75) is 20.0 Å². The summed E-state index contributed by atoms with van der Waals surface area (Å²) in [4.78, 5) is 10.6. The van der Waals surface area contributed by atoms with Crippen molar-refractivity contribution in [1.29, 1.82) is 0 Å². The molecule has 1 rings (SSSR count). The number of hydrogen-bond acceptors (Lipinski definition) is 2. The zero-order chi connectivity index (χ0) is 9.68. The monoisotopic (exact) mass is 178 g/mol. The van der Waals surface area contributed by atoms with Crippen LogP contribution in [0.4, 0.5) is 0 Å². The molecule has 1 aromatic rings. The Morgan fingerprint density at radius 3 is 2.31 bits per heavy atom. The van der Waals surface area contributed by atoms with E-state index >= 15 is 0 Å². The first kappa shape index (κ1) is 9.78. The fourth-order valence-corrected chi connectivity index (χ4v) is 0.977. The van der Waals surface area contributed by atoms with Gasteiger partial charge in [0.05, 0.1) is 0 Å². The van der Waals surface area contributed by atoms with Gasteiger partial charge in [-0.05, 0) is 18.1 Å². The molecule has 0 aliphatic heterocycles. The fraction of sp³-hybridized carbons (Fsp3) is 0.364. The van der Waals surface area contributed by atoms with Crippen LogP contribution in [0, 0.1) is 5.92 Å². The molecule has 0 spiro atoms. The van der Waals surface area contributed by atoms with Crippen molar-refractivity contribution >= 4 is 6.29 Å². The van der Waals surface area contributed by atoms with Gasteiger partial charge in [-0.15, -0.1) is 0 Å². The van der Waals surface area contributed by atoms with Crippen molar-refractivity contribution in [1.82, 2.24) is 0 Å². The second-order valence-electron chi connectivity index (χ2n) is 3.28. The molecule has 0 heterocycles. The van der Waals surface area contributed by atoms with E-state index in [0.29, 0.717) is 0 Å². The zero-order valence-electron chi connectivity index (χ0n) is 7.94. The predicted molar refractivity (Wildman–Crippen MR) is 51.8 cm³/mol. The van der Waals surface area contributed by atoms with Crippen molar-refractivity contribution in [2.75, 3.05) is 0 Å². The average Bonchev–Trinajstić information content (AvgIpc) is 2.15. The van der Waals surface area contributed by atoms with Crippen LogP contribution in [0.1, 0.15) is 13.8 Å². The third kappa shape index (κ3) is 2.90. The minimum absolute atomic E-state index is 0.206. The third-order valence-electron chi connectivity index (χ3n) is 1.81. The standard InChI is InChI=1S/C11H14O2/c1-9(2)11(8-12)13-10-6-4-3-5-7-10/h3-9,11H,1-2H3/t11-/m0/s1. The number of rotatable bonds is 4. The average molecular weight is 178 g/mol. The molecule has 2 heteroatoms. The lowest BCUT2D eigenvalue weighted by Crippen LogP contribution is -2.24. The smallest absolute Gasteiger partial charge is 0.160 e. The first-order valence-electron chi connectivity index (χ1n) is 4.41. The van der Waals surface area contributed by atoms with Crippen molar-refractivity contribution < 1.29 is 9.53 Å². The zero-order valence-corrected chi connectivity index (χ0v) is 7.94. The maximum absolute atomic E-state index is 10.6. The van der Waals surface area contributed by atoms with Gasteiger partial charge in [0.15, 0.2) is 12.4 Å². The van der Waals surface area contributed by atoms with E-state index in [1.807, 2.05) is 44.2 Å². The Morgan fingerprint density at radius 1 is 1.23 bits per heavy atom. The second kappa shape index (κ2) is 4.65. The lowest BCUT2D eigenvalue weighted by atomic mass is 10.1. The molecular formula is C11H14O2. The number of hydrogen-bond donors (Lipinski definition) is 0. The molecule has 0 N–H and O–H groups in total. The van der Waals surface area contributed by atoms with Crippen molar-refractivity contribution in [3.63, 3.8) is 0 Å². The van der Waals surface area contributed by atoms with E-state index in [4.69, 9.17) is 4.74 Å². The normalized spacial score (nSPS) is 12.5. The Kier molecular flexibility index (Phi) is 3.50. The van der Waals surface area contributed by atoms with Crippen LogP contribution in [0.15, 0.2) is 30.3 Å². The van der Waals surface area contributed by atoms with Crippen molar-refractivity contribution in [3.8, 4) is 5.75 Å². The van der Waals surface area contributed by atoms with Crippen molar-refractivity contribution in [3.05, 3.63) is 30.3 Å². The van der Waals surface area contributed by atoms with Crippen molar-refractivity contribution in [2.24, 2.45) is 5.92 Å². The first-order chi connectivity index (χ1) is 6.24. The minimum atomic E-state index is -0.345. The molecule has 0 fully saturated rings. The summed E-state index contributed by atoms with van der Waals surface area (Å²) in [6.07, 6.45) is 0.500. The highest BCUT2D eigenvalue weighted by atomic mass is 16.5. The summed E-state index contributed by atoms with van der Waals surface area (Å²) < 4.78 is 5.46. The summed E-state index contributed by atoms with van der Waals surface area (Å²) >= 11 is 0. The summed E-state index contributed by atoms with van der Waals surface area (Å²) in [7, 11) is 0. The molecule has 0 amide bonds. The van der Waals surface area contributed by atoms with Gasteiger partial charge in [0.1, 0.15) is 5.75 Å². The van der Waals surface area contributed by atoms with Crippen LogP contribution in [0.3, 0.4) is 0 Å². The lowest BCUT2D eigenvalue weighted by molar-refractivity contribution is -0.115. The molecule has 0 aliphatic carbocycles. The Morgan fingerprint density at radius 2 is 1.85 bits per heavy atom. The van der Waals surface area contributed by atoms with E-state index in [9.17, 15) is 4.79 Å². The molecule has 0 aromatic heterocycles. The summed E-state index contributed by atoms with van der Waals surface area (Å²) in [5, 5.41) is 0. The van der Waals surface area contributed by atoms with Gasteiger partial charge in [0, 0.05) is 0 Å². The molecule has 0 unspecified atom stereocenters. The van der Waals surface area contributed by atoms with Gasteiger partial charge in [-0.3, -0.25) is 4.79 Å². The van der Waals surface area contributed by atoms with E-state index in [1.54, 1.807) is 0 Å². The molecule has 2 nitrogen and oxygen atoms in total. The summed E-state index contributed by atoms with van der Waals surface area (Å²) in [6, 6.07) is 9.38. The van der Waals surface area contributed by atoms with Crippen LogP contribution >= 0.6 is 0 Å². The number of ether oxygens (including phenoxy) is 1. The van der Waals surface area contributed by atoms with Gasteiger partial charge < -0.3 is 4.74 Å². The van der Waals surface area contributed by atoms with Crippen LogP contribution in [-0.2, 0) is 4.79 Å². The van der Waals surface area contributed by atoms with Gasteiger partial charge >= 0.3 is 0 Å². The minimum Gasteiger partial charge on any atom is -0.483 e. The maximum Gasteiger partial charge on any atom is 0.160 e. The van der Waals surface area contributed by atoms with Gasteiger partial charge in [-0.1, -0.05) is 32.0 Å². The molecule has 0 radical (unpaired) electrons. The van der Waals surface area contributed by atoms with E-state index in [-0.39, 0.29) is 12.0 Å². The first-order valence-corrected chi connectivity index (χ1v) is 4.41. The van der Waals surface area contributed by atoms with Gasteiger partial charge in [0.25, 0.3) is 0 Å². The SMILES string of the molecule is CC(C)[C@H](C=O)Oc1ccccc1. The van der Waals surface area contributed by atoms with Gasteiger partial charge in [0.2, 0.25) is 0 Å². The topological polar surface area (TPSA) is 26.3 Å². The number of carbonyl (C=O) groups excluding carboxylic acids is 1. The van der Waals surface area contributed by atoms with E-state index in [1.165, 1.54) is 0 Å². The quantitative estimate of drug-likeness (QED) is 0.661. The maximum atomic E-state index is 10.6. The van der Waals surface area contributed by atoms with E-state index in [2.05, 4.69) is 0 Å². The highest BCUT2D eigenvalue weighted by Gasteiger charge is 2.12. The molecule has 1 aromatic carbocycles. The van der Waals surface area contributed by atoms with Gasteiger partial charge in [-0.2, -0.15) is 0 Å². The number of aldehydes is 1. The Bertz CT molecular complexity index is 254. The third-order valence-corrected chi connectivity index (χ3v) is 1.81. The van der Waals surface area contributed by atoms with Crippen LogP contribution in [0.25, 0.3) is 0 Å². The highest BCUT2D eigenvalue weighted by molar-refractivity contribution is 5.57.